The largest absolute Gasteiger partial charge is 0.0842 e. The number of rotatable bonds is 2. The van der Waals surface area contributed by atoms with Gasteiger partial charge in [0.2, 0.25) is 0 Å². The Kier molecular flexibility index (Phi) is 5.16. The molecule has 0 aliphatic carbocycles. The predicted molar refractivity (Wildman–Crippen MR) is 85.8 cm³/mol. The van der Waals surface area contributed by atoms with Crippen molar-refractivity contribution in [2.24, 2.45) is 0 Å². The molecule has 0 aliphatic heterocycles. The van der Waals surface area contributed by atoms with Crippen molar-refractivity contribution in [3.63, 3.8) is 0 Å². The average molecular weight is 375 g/mol. The summed E-state index contributed by atoms with van der Waals surface area (Å²) in [6.45, 7) is 0. The van der Waals surface area contributed by atoms with Crippen molar-refractivity contribution in [2.45, 2.75) is 6.42 Å². The molecule has 0 aliphatic rings. The van der Waals surface area contributed by atoms with E-state index < -0.39 is 0 Å². The summed E-state index contributed by atoms with van der Waals surface area (Å²) >= 11 is 36.3. The second-order valence-corrected chi connectivity index (χ2v) is 6.37. The molecule has 2 rings (SSSR count). The molecule has 0 unspecified atom stereocenters. The van der Waals surface area contributed by atoms with E-state index in [0.717, 1.165) is 11.1 Å². The van der Waals surface area contributed by atoms with Crippen LogP contribution < -0.4 is 0 Å². The van der Waals surface area contributed by atoms with Crippen molar-refractivity contribution in [2.75, 3.05) is 0 Å². The van der Waals surface area contributed by atoms with Crippen molar-refractivity contribution < 1.29 is 0 Å². The summed E-state index contributed by atoms with van der Waals surface area (Å²) in [4.78, 5) is 0. The van der Waals surface area contributed by atoms with Crippen LogP contribution in [0.15, 0.2) is 24.3 Å². The maximum absolute atomic E-state index is 6.14. The highest BCUT2D eigenvalue weighted by molar-refractivity contribution is 6.40. The molecule has 0 amide bonds. The molecule has 0 nitrogen and oxygen atoms in total. The molecule has 100 valence electrons. The smallest absolute Gasteiger partial charge is 0.0471 e. The molecule has 0 heterocycles. The molecule has 0 atom stereocenters. The molecule has 6 heteroatoms. The zero-order chi connectivity index (χ0) is 14.2. The van der Waals surface area contributed by atoms with Crippen LogP contribution in [0.5, 0.6) is 0 Å². The van der Waals surface area contributed by atoms with Gasteiger partial charge in [-0.3, -0.25) is 0 Å². The van der Waals surface area contributed by atoms with Gasteiger partial charge in [-0.05, 0) is 35.4 Å². The van der Waals surface area contributed by atoms with Crippen molar-refractivity contribution >= 4 is 69.6 Å². The maximum Gasteiger partial charge on any atom is 0.0471 e. The minimum absolute atomic E-state index is 0.406. The Morgan fingerprint density at radius 3 is 1.05 bits per heavy atom. The molecule has 0 saturated heterocycles. The van der Waals surface area contributed by atoms with Crippen molar-refractivity contribution in [3.05, 3.63) is 65.5 Å². The number of benzene rings is 2. The van der Waals surface area contributed by atoms with E-state index >= 15 is 0 Å². The lowest BCUT2D eigenvalue weighted by Crippen LogP contribution is -1.94. The highest BCUT2D eigenvalue weighted by Crippen LogP contribution is 2.36. The van der Waals surface area contributed by atoms with Gasteiger partial charge < -0.3 is 0 Å². The molecular weight excluding hydrogens is 369 g/mol. The van der Waals surface area contributed by atoms with Crippen LogP contribution in [-0.2, 0) is 6.42 Å². The maximum atomic E-state index is 6.14. The lowest BCUT2D eigenvalue weighted by atomic mass is 10.0. The third-order valence-electron chi connectivity index (χ3n) is 2.57. The Bertz CT molecular complexity index is 534. The summed E-state index contributed by atoms with van der Waals surface area (Å²) in [5, 5.41) is 2.84. The van der Waals surface area contributed by atoms with Crippen LogP contribution in [0.2, 0.25) is 30.1 Å². The van der Waals surface area contributed by atoms with Gasteiger partial charge in [-0.1, -0.05) is 69.6 Å². The van der Waals surface area contributed by atoms with Gasteiger partial charge in [-0.25, -0.2) is 0 Å². The Morgan fingerprint density at radius 1 is 0.526 bits per heavy atom. The fourth-order valence-electron chi connectivity index (χ4n) is 1.66. The molecule has 2 aromatic carbocycles. The van der Waals surface area contributed by atoms with Crippen LogP contribution in [0.1, 0.15) is 11.1 Å². The summed E-state index contributed by atoms with van der Waals surface area (Å²) < 4.78 is 0. The lowest BCUT2D eigenvalue weighted by Gasteiger charge is -2.11. The molecule has 0 saturated carbocycles. The second kappa shape index (κ2) is 6.30. The monoisotopic (exact) mass is 372 g/mol. The quantitative estimate of drug-likeness (QED) is 0.521. The SMILES string of the molecule is Clc1cc(Cl)c(Cc2c(Cl)cc(Cl)cc2Cl)c(Cl)c1. The van der Waals surface area contributed by atoms with Gasteiger partial charge in [0.05, 0.1) is 0 Å². The van der Waals surface area contributed by atoms with Crippen LogP contribution in [0.3, 0.4) is 0 Å². The lowest BCUT2D eigenvalue weighted by molar-refractivity contribution is 1.19. The Balaban J connectivity index is 2.48. The van der Waals surface area contributed by atoms with Crippen molar-refractivity contribution in [1.29, 1.82) is 0 Å². The summed E-state index contributed by atoms with van der Waals surface area (Å²) in [6.07, 6.45) is 0.406. The predicted octanol–water partition coefficient (Wildman–Crippen LogP) is 7.20. The Labute approximate surface area is 141 Å². The summed E-state index contributed by atoms with van der Waals surface area (Å²) in [5.74, 6) is 0. The fraction of sp³-hybridized carbons (Fsp3) is 0.0769. The van der Waals surface area contributed by atoms with Gasteiger partial charge >= 0.3 is 0 Å². The average Bonchev–Trinajstić information content (AvgIpc) is 2.25. The number of hydrogen-bond acceptors (Lipinski definition) is 0. The van der Waals surface area contributed by atoms with Gasteiger partial charge in [0.15, 0.2) is 0 Å². The van der Waals surface area contributed by atoms with Gasteiger partial charge in [-0.2, -0.15) is 0 Å². The first-order chi connectivity index (χ1) is 8.88. The van der Waals surface area contributed by atoms with Gasteiger partial charge in [0.25, 0.3) is 0 Å². The molecule has 19 heavy (non-hydrogen) atoms. The van der Waals surface area contributed by atoms with E-state index in [0.29, 0.717) is 36.6 Å². The molecular formula is C13H6Cl6. The van der Waals surface area contributed by atoms with Crippen LogP contribution >= 0.6 is 69.6 Å². The number of hydrogen-bond donors (Lipinski definition) is 0. The van der Waals surface area contributed by atoms with Gasteiger partial charge in [0.1, 0.15) is 0 Å². The first kappa shape index (κ1) is 15.6. The van der Waals surface area contributed by atoms with E-state index in [1.54, 1.807) is 24.3 Å². The standard InChI is InChI=1S/C13H6Cl6/c14-6-1-10(16)8(11(17)2-6)5-9-12(18)3-7(15)4-13(9)19/h1-4H,5H2. The van der Waals surface area contributed by atoms with Crippen LogP contribution in [0.25, 0.3) is 0 Å². The third-order valence-corrected chi connectivity index (χ3v) is 4.35. The minimum atomic E-state index is 0.406. The first-order valence-electron chi connectivity index (χ1n) is 5.15. The Morgan fingerprint density at radius 2 is 0.789 bits per heavy atom. The van der Waals surface area contributed by atoms with Crippen molar-refractivity contribution in [3.8, 4) is 0 Å². The van der Waals surface area contributed by atoms with E-state index in [4.69, 9.17) is 69.6 Å². The highest BCUT2D eigenvalue weighted by atomic mass is 35.5. The van der Waals surface area contributed by atoms with Crippen LogP contribution in [0, 0.1) is 0 Å². The fourth-order valence-corrected chi connectivity index (χ4v) is 3.56. The third kappa shape index (κ3) is 3.64. The van der Waals surface area contributed by atoms with E-state index in [9.17, 15) is 0 Å². The molecule has 0 N–H and O–H groups in total. The van der Waals surface area contributed by atoms with E-state index in [2.05, 4.69) is 0 Å². The molecule has 0 fully saturated rings. The van der Waals surface area contributed by atoms with Gasteiger partial charge in [0, 0.05) is 36.6 Å². The molecule has 0 radical (unpaired) electrons. The highest BCUT2D eigenvalue weighted by Gasteiger charge is 2.14. The minimum Gasteiger partial charge on any atom is -0.0842 e. The first-order valence-corrected chi connectivity index (χ1v) is 7.42. The van der Waals surface area contributed by atoms with E-state index in [-0.39, 0.29) is 0 Å². The normalized spacial score (nSPS) is 10.8. The zero-order valence-corrected chi connectivity index (χ0v) is 13.8. The summed E-state index contributed by atoms with van der Waals surface area (Å²) in [7, 11) is 0. The molecule has 2 aromatic rings. The zero-order valence-electron chi connectivity index (χ0n) is 9.28. The summed E-state index contributed by atoms with van der Waals surface area (Å²) in [5.41, 5.74) is 1.44. The molecule has 0 bridgehead atoms. The second-order valence-electron chi connectivity index (χ2n) is 3.87. The molecule has 0 aromatic heterocycles. The van der Waals surface area contributed by atoms with E-state index in [1.165, 1.54) is 0 Å². The molecule has 0 spiro atoms. The van der Waals surface area contributed by atoms with E-state index in [1.807, 2.05) is 0 Å². The Hall–Kier alpha value is 0.180. The van der Waals surface area contributed by atoms with Crippen LogP contribution in [0.4, 0.5) is 0 Å². The number of halogens is 6. The topological polar surface area (TPSA) is 0 Å². The summed E-state index contributed by atoms with van der Waals surface area (Å²) in [6, 6.07) is 6.51. The van der Waals surface area contributed by atoms with Gasteiger partial charge in [-0.15, -0.1) is 0 Å². The van der Waals surface area contributed by atoms with Crippen molar-refractivity contribution in [1.82, 2.24) is 0 Å². The van der Waals surface area contributed by atoms with Crippen LogP contribution in [-0.4, -0.2) is 0 Å².